The summed E-state index contributed by atoms with van der Waals surface area (Å²) in [7, 11) is 0. The van der Waals surface area contributed by atoms with Gasteiger partial charge in [-0.1, -0.05) is 139 Å². The molecule has 7 aromatic rings. The predicted octanol–water partition coefficient (Wildman–Crippen LogP) is 18.0. The molecule has 4 aliphatic carbocycles. The molecule has 322 valence electrons. The minimum atomic E-state index is -0.212. The van der Waals surface area contributed by atoms with Gasteiger partial charge in [0.05, 0.1) is 0 Å². The van der Waals surface area contributed by atoms with Crippen LogP contribution in [0.2, 0.25) is 0 Å². The molecule has 2 nitrogen and oxygen atoms in total. The number of rotatable bonds is 8. The molecule has 4 aliphatic rings. The Balaban J connectivity index is 0.992. The van der Waals surface area contributed by atoms with Crippen molar-refractivity contribution in [3.05, 3.63) is 190 Å². The number of benzene rings is 7. The van der Waals surface area contributed by atoms with Gasteiger partial charge in [-0.3, -0.25) is 0 Å². The summed E-state index contributed by atoms with van der Waals surface area (Å²) in [6, 6.07) is 55.9. The number of hydrogen-bond acceptors (Lipinski definition) is 2. The molecular weight excluding hydrogens is 773 g/mol. The van der Waals surface area contributed by atoms with Crippen molar-refractivity contribution in [2.45, 2.75) is 128 Å². The number of anilines is 6. The molecule has 0 aliphatic heterocycles. The van der Waals surface area contributed by atoms with Crippen molar-refractivity contribution in [3.63, 3.8) is 0 Å². The Labute approximate surface area is 383 Å². The van der Waals surface area contributed by atoms with E-state index < -0.39 is 0 Å². The van der Waals surface area contributed by atoms with E-state index in [1.54, 1.807) is 0 Å². The molecule has 0 atom stereocenters. The van der Waals surface area contributed by atoms with Crippen LogP contribution in [0.25, 0.3) is 22.3 Å². The fraction of sp³-hybridized carbons (Fsp3) is 0.323. The van der Waals surface area contributed by atoms with Crippen molar-refractivity contribution >= 4 is 34.1 Å². The van der Waals surface area contributed by atoms with E-state index in [0.717, 1.165) is 0 Å². The van der Waals surface area contributed by atoms with Gasteiger partial charge in [0, 0.05) is 45.0 Å². The molecule has 2 fully saturated rings. The average Bonchev–Trinajstić information content (AvgIpc) is 3.70. The van der Waals surface area contributed by atoms with Crippen LogP contribution in [0.1, 0.15) is 148 Å². The molecule has 2 saturated carbocycles. The van der Waals surface area contributed by atoms with Gasteiger partial charge >= 0.3 is 0 Å². The summed E-state index contributed by atoms with van der Waals surface area (Å²) in [5.41, 5.74) is 23.9. The van der Waals surface area contributed by atoms with E-state index in [0.29, 0.717) is 11.8 Å². The number of para-hydroxylation sites is 2. The van der Waals surface area contributed by atoms with Crippen LogP contribution in [0, 0.1) is 13.8 Å². The van der Waals surface area contributed by atoms with Gasteiger partial charge in [0.1, 0.15) is 0 Å². The lowest BCUT2D eigenvalue weighted by Gasteiger charge is -2.32. The molecule has 0 N–H and O–H groups in total. The first-order valence-electron chi connectivity index (χ1n) is 24.5. The smallest absolute Gasteiger partial charge is 0.0467 e. The number of hydrogen-bond donors (Lipinski definition) is 0. The third-order valence-electron chi connectivity index (χ3n) is 16.0. The second-order valence-electron chi connectivity index (χ2n) is 20.7. The van der Waals surface area contributed by atoms with E-state index in [2.05, 4.69) is 197 Å². The molecule has 0 unspecified atom stereocenters. The van der Waals surface area contributed by atoms with Crippen molar-refractivity contribution in [1.82, 2.24) is 0 Å². The van der Waals surface area contributed by atoms with Gasteiger partial charge in [-0.2, -0.15) is 0 Å². The van der Waals surface area contributed by atoms with Crippen LogP contribution in [0.5, 0.6) is 0 Å². The fourth-order valence-electron chi connectivity index (χ4n) is 12.8. The van der Waals surface area contributed by atoms with Crippen LogP contribution >= 0.6 is 0 Å². The number of aryl methyl sites for hydroxylation is 2. The first-order valence-corrected chi connectivity index (χ1v) is 24.5. The van der Waals surface area contributed by atoms with E-state index in [1.165, 1.54) is 165 Å². The average molecular weight is 837 g/mol. The summed E-state index contributed by atoms with van der Waals surface area (Å²) in [6.45, 7) is 14.6. The summed E-state index contributed by atoms with van der Waals surface area (Å²) in [6.07, 6.45) is 13.4. The summed E-state index contributed by atoms with van der Waals surface area (Å²) in [4.78, 5) is 4.96. The normalized spacial score (nSPS) is 17.3. The zero-order chi connectivity index (χ0) is 43.7. The number of nitrogens with zero attached hydrogens (tertiary/aromatic N) is 2. The lowest BCUT2D eigenvalue weighted by molar-refractivity contribution is 0.443. The lowest BCUT2D eigenvalue weighted by Crippen LogP contribution is -2.24. The Hall–Kier alpha value is -5.86. The Morgan fingerprint density at radius 1 is 0.375 bits per heavy atom. The molecule has 0 bridgehead atoms. The maximum atomic E-state index is 2.52. The summed E-state index contributed by atoms with van der Waals surface area (Å²) in [5.74, 6) is 1.38. The zero-order valence-electron chi connectivity index (χ0n) is 39.0. The molecule has 11 rings (SSSR count). The standard InChI is InChI=1S/C62H64N2/c1-41-37-51(63(47-23-15-9-16-24-47)49-31-27-45(28-32-49)43-19-11-7-12-20-43)39-55-57(41)53-35-36-54-58-42(2)38-52(40-56(58)62(5,6)60(54)59(53)61(55,3)4)64(48-25-17-10-18-26-48)50-33-29-46(30-34-50)44-21-13-8-14-22-44/h9-10,15-18,23-40,43-44H,7-8,11-14,19-22H2,1-6H3. The van der Waals surface area contributed by atoms with E-state index >= 15 is 0 Å². The van der Waals surface area contributed by atoms with Crippen molar-refractivity contribution in [1.29, 1.82) is 0 Å². The summed E-state index contributed by atoms with van der Waals surface area (Å²) in [5, 5.41) is 0. The Morgan fingerprint density at radius 3 is 1.08 bits per heavy atom. The Morgan fingerprint density at radius 2 is 0.719 bits per heavy atom. The largest absolute Gasteiger partial charge is 0.310 e. The summed E-state index contributed by atoms with van der Waals surface area (Å²) < 4.78 is 0. The maximum absolute atomic E-state index is 2.52. The van der Waals surface area contributed by atoms with E-state index in [1.807, 2.05) is 0 Å². The maximum Gasteiger partial charge on any atom is 0.0467 e. The van der Waals surface area contributed by atoms with E-state index in [-0.39, 0.29) is 10.8 Å². The molecule has 7 aromatic carbocycles. The second kappa shape index (κ2) is 16.0. The van der Waals surface area contributed by atoms with Crippen LogP contribution in [0.3, 0.4) is 0 Å². The van der Waals surface area contributed by atoms with Crippen molar-refractivity contribution in [2.24, 2.45) is 0 Å². The van der Waals surface area contributed by atoms with Gasteiger partial charge < -0.3 is 9.80 Å². The highest BCUT2D eigenvalue weighted by atomic mass is 15.1. The van der Waals surface area contributed by atoms with Crippen LogP contribution in [0.15, 0.2) is 146 Å². The Bertz CT molecular complexity index is 2640. The quantitative estimate of drug-likeness (QED) is 0.150. The fourth-order valence-corrected chi connectivity index (χ4v) is 12.8. The van der Waals surface area contributed by atoms with Crippen molar-refractivity contribution in [2.75, 3.05) is 9.80 Å². The van der Waals surface area contributed by atoms with Gasteiger partial charge in [0.25, 0.3) is 0 Å². The molecule has 2 heteroatoms. The molecule has 0 radical (unpaired) electrons. The van der Waals surface area contributed by atoms with Crippen LogP contribution in [-0.2, 0) is 10.8 Å². The molecule has 0 aromatic heterocycles. The minimum absolute atomic E-state index is 0.212. The van der Waals surface area contributed by atoms with Gasteiger partial charge in [-0.05, 0) is 191 Å². The molecule has 0 amide bonds. The van der Waals surface area contributed by atoms with Gasteiger partial charge in [-0.15, -0.1) is 0 Å². The molecule has 0 spiro atoms. The highest BCUT2D eigenvalue weighted by Crippen LogP contribution is 2.61. The zero-order valence-corrected chi connectivity index (χ0v) is 39.0. The van der Waals surface area contributed by atoms with Crippen molar-refractivity contribution in [3.8, 4) is 22.3 Å². The monoisotopic (exact) mass is 837 g/mol. The van der Waals surface area contributed by atoms with Gasteiger partial charge in [0.15, 0.2) is 0 Å². The third-order valence-corrected chi connectivity index (χ3v) is 16.0. The second-order valence-corrected chi connectivity index (χ2v) is 20.7. The van der Waals surface area contributed by atoms with E-state index in [9.17, 15) is 0 Å². The minimum Gasteiger partial charge on any atom is -0.310 e. The SMILES string of the molecule is Cc1cc(N(c2ccccc2)c2ccc(C3CCCCC3)cc2)cc2c1-c1ccc3c(c1C2(C)C)C(C)(C)c1cc(N(c2ccccc2)c2ccc(C4CCCCC4)cc2)cc(C)c1-3. The molecule has 0 saturated heterocycles. The van der Waals surface area contributed by atoms with Crippen LogP contribution < -0.4 is 9.80 Å². The summed E-state index contributed by atoms with van der Waals surface area (Å²) >= 11 is 0. The topological polar surface area (TPSA) is 6.48 Å². The molecule has 0 heterocycles. The first-order chi connectivity index (χ1) is 31.1. The first kappa shape index (κ1) is 40.9. The Kier molecular flexibility index (Phi) is 10.2. The van der Waals surface area contributed by atoms with Gasteiger partial charge in [-0.25, -0.2) is 0 Å². The predicted molar refractivity (Wildman–Crippen MR) is 272 cm³/mol. The van der Waals surface area contributed by atoms with Crippen LogP contribution in [-0.4, -0.2) is 0 Å². The number of fused-ring (bicyclic) bond motifs is 7. The highest BCUT2D eigenvalue weighted by molar-refractivity contribution is 5.95. The molecule has 64 heavy (non-hydrogen) atoms. The molecular formula is C62H64N2. The third kappa shape index (κ3) is 6.74. The van der Waals surface area contributed by atoms with Crippen molar-refractivity contribution < 1.29 is 0 Å². The lowest BCUT2D eigenvalue weighted by atomic mass is 9.72. The van der Waals surface area contributed by atoms with E-state index in [4.69, 9.17) is 0 Å². The highest BCUT2D eigenvalue weighted by Gasteiger charge is 2.47. The van der Waals surface area contributed by atoms with Crippen LogP contribution in [0.4, 0.5) is 34.1 Å². The van der Waals surface area contributed by atoms with Gasteiger partial charge in [0.2, 0.25) is 0 Å².